The van der Waals surface area contributed by atoms with Crippen molar-refractivity contribution in [3.8, 4) is 17.1 Å². The highest BCUT2D eigenvalue weighted by Crippen LogP contribution is 2.43. The Morgan fingerprint density at radius 2 is 2.13 bits per heavy atom. The highest BCUT2D eigenvalue weighted by Gasteiger charge is 2.30. The molecule has 8 nitrogen and oxygen atoms in total. The van der Waals surface area contributed by atoms with E-state index in [2.05, 4.69) is 25.7 Å². The summed E-state index contributed by atoms with van der Waals surface area (Å²) in [5.74, 6) is 1.32. The third kappa shape index (κ3) is 4.04. The number of anilines is 1. The lowest BCUT2D eigenvalue weighted by molar-refractivity contribution is 0.0811. The molecule has 1 atom stereocenters. The maximum absolute atomic E-state index is 12.6. The lowest BCUT2D eigenvalue weighted by Crippen LogP contribution is -2.38. The molecule has 0 bridgehead atoms. The molecule has 158 valence electrons. The van der Waals surface area contributed by atoms with Gasteiger partial charge >= 0.3 is 0 Å². The van der Waals surface area contributed by atoms with Crippen LogP contribution in [0.2, 0.25) is 0 Å². The zero-order valence-electron chi connectivity index (χ0n) is 16.4. The number of hydrogen-bond acceptors (Lipinski definition) is 7. The number of alkyl halides is 2. The minimum Gasteiger partial charge on any atom is -0.485 e. The van der Waals surface area contributed by atoms with Crippen molar-refractivity contribution in [3.05, 3.63) is 30.4 Å². The lowest BCUT2D eigenvalue weighted by atomic mass is 10.1. The van der Waals surface area contributed by atoms with Crippen LogP contribution in [0, 0.1) is 0 Å². The second-order valence-corrected chi connectivity index (χ2v) is 7.76. The first-order chi connectivity index (χ1) is 14.7. The van der Waals surface area contributed by atoms with Gasteiger partial charge in [0.15, 0.2) is 5.65 Å². The number of hydrogen-bond donors (Lipinski definition) is 2. The van der Waals surface area contributed by atoms with Crippen molar-refractivity contribution in [2.45, 2.75) is 44.1 Å². The van der Waals surface area contributed by atoms with E-state index in [4.69, 9.17) is 9.72 Å². The minimum atomic E-state index is -2.53. The molecule has 3 aromatic heterocycles. The van der Waals surface area contributed by atoms with Gasteiger partial charge in [0.05, 0.1) is 18.6 Å². The van der Waals surface area contributed by atoms with Crippen LogP contribution in [-0.2, 0) is 0 Å². The van der Waals surface area contributed by atoms with E-state index in [1.54, 1.807) is 29.2 Å². The van der Waals surface area contributed by atoms with Crippen LogP contribution in [0.4, 0.5) is 14.6 Å². The van der Waals surface area contributed by atoms with Gasteiger partial charge in [-0.2, -0.15) is 5.10 Å². The van der Waals surface area contributed by atoms with Gasteiger partial charge in [0.2, 0.25) is 0 Å². The van der Waals surface area contributed by atoms with Crippen molar-refractivity contribution in [2.75, 3.05) is 25.0 Å². The van der Waals surface area contributed by atoms with Gasteiger partial charge in [0.25, 0.3) is 6.43 Å². The number of rotatable bonds is 7. The normalized spacial score (nSPS) is 19.4. The first-order valence-corrected chi connectivity index (χ1v) is 10.3. The molecule has 1 aliphatic carbocycles. The zero-order valence-corrected chi connectivity index (χ0v) is 16.4. The predicted molar refractivity (Wildman–Crippen MR) is 107 cm³/mol. The molecule has 4 heterocycles. The first kappa shape index (κ1) is 19.1. The first-order valence-electron chi connectivity index (χ1n) is 10.3. The monoisotopic (exact) mass is 415 g/mol. The van der Waals surface area contributed by atoms with Crippen molar-refractivity contribution in [1.29, 1.82) is 0 Å². The van der Waals surface area contributed by atoms with E-state index >= 15 is 0 Å². The number of fused-ring (bicyclic) bond motifs is 1. The standard InChI is InChI=1S/C20H23F2N7O/c21-17(22)11-30-16-6-19-25-9-15(29(19)28-20(16)12-3-4-12)14-8-24-10-18(27-14)26-13-2-1-5-23-7-13/h6,8-10,12-13,17,23H,1-5,7,11H2,(H,26,27). The van der Waals surface area contributed by atoms with Crippen molar-refractivity contribution >= 4 is 11.5 Å². The Hall–Kier alpha value is -2.88. The van der Waals surface area contributed by atoms with Crippen LogP contribution >= 0.6 is 0 Å². The molecule has 1 saturated heterocycles. The zero-order chi connectivity index (χ0) is 20.5. The Balaban J connectivity index is 1.46. The molecule has 30 heavy (non-hydrogen) atoms. The molecule has 5 rings (SSSR count). The molecule has 3 aromatic rings. The number of halogens is 2. The number of nitrogens with one attached hydrogen (secondary N) is 2. The van der Waals surface area contributed by atoms with Crippen LogP contribution in [-0.4, -0.2) is 56.7 Å². The maximum Gasteiger partial charge on any atom is 0.272 e. The summed E-state index contributed by atoms with van der Waals surface area (Å²) in [5, 5.41) is 11.5. The number of piperidine rings is 1. The quantitative estimate of drug-likeness (QED) is 0.613. The molecule has 0 aromatic carbocycles. The molecular weight excluding hydrogens is 392 g/mol. The van der Waals surface area contributed by atoms with Crippen LogP contribution < -0.4 is 15.4 Å². The van der Waals surface area contributed by atoms with Crippen molar-refractivity contribution in [1.82, 2.24) is 29.9 Å². The highest BCUT2D eigenvalue weighted by atomic mass is 19.3. The number of nitrogens with zero attached hydrogens (tertiary/aromatic N) is 5. The topological polar surface area (TPSA) is 89.3 Å². The Morgan fingerprint density at radius 1 is 1.23 bits per heavy atom. The van der Waals surface area contributed by atoms with Crippen molar-refractivity contribution in [3.63, 3.8) is 0 Å². The van der Waals surface area contributed by atoms with Gasteiger partial charge in [-0.25, -0.2) is 23.3 Å². The SMILES string of the molecule is FC(F)COc1cc2ncc(-c3cncc(NC4CCCNC4)n3)n2nc1C1CC1. The molecular formula is C20H23F2N7O. The Morgan fingerprint density at radius 3 is 2.90 bits per heavy atom. The van der Waals surface area contributed by atoms with Gasteiger partial charge in [0, 0.05) is 24.6 Å². The van der Waals surface area contributed by atoms with E-state index in [-0.39, 0.29) is 5.92 Å². The Bertz CT molecular complexity index is 1030. The van der Waals surface area contributed by atoms with Gasteiger partial charge in [-0.15, -0.1) is 0 Å². The number of imidazole rings is 1. The summed E-state index contributed by atoms with van der Waals surface area (Å²) in [7, 11) is 0. The molecule has 2 N–H and O–H groups in total. The van der Waals surface area contributed by atoms with E-state index in [9.17, 15) is 8.78 Å². The summed E-state index contributed by atoms with van der Waals surface area (Å²) in [4.78, 5) is 13.4. The molecule has 1 unspecified atom stereocenters. The van der Waals surface area contributed by atoms with Crippen LogP contribution in [0.25, 0.3) is 17.0 Å². The van der Waals surface area contributed by atoms with E-state index < -0.39 is 13.0 Å². The summed E-state index contributed by atoms with van der Waals surface area (Å²) >= 11 is 0. The molecule has 0 radical (unpaired) electrons. The van der Waals surface area contributed by atoms with Crippen molar-refractivity contribution < 1.29 is 13.5 Å². The average Bonchev–Trinajstić information content (AvgIpc) is 3.52. The molecule has 2 fully saturated rings. The summed E-state index contributed by atoms with van der Waals surface area (Å²) < 4.78 is 32.3. The van der Waals surface area contributed by atoms with Crippen LogP contribution in [0.5, 0.6) is 5.75 Å². The van der Waals surface area contributed by atoms with E-state index in [1.807, 2.05) is 0 Å². The Kier molecular flexibility index (Phi) is 5.16. The molecule has 2 aliphatic rings. The van der Waals surface area contributed by atoms with Gasteiger partial charge < -0.3 is 15.4 Å². The van der Waals surface area contributed by atoms with Gasteiger partial charge in [0.1, 0.15) is 35.3 Å². The van der Waals surface area contributed by atoms with E-state index in [0.717, 1.165) is 38.8 Å². The Labute approximate surface area is 172 Å². The lowest BCUT2D eigenvalue weighted by Gasteiger charge is -2.24. The van der Waals surface area contributed by atoms with Crippen LogP contribution in [0.15, 0.2) is 24.7 Å². The van der Waals surface area contributed by atoms with Crippen LogP contribution in [0.1, 0.15) is 37.3 Å². The third-order valence-corrected chi connectivity index (χ3v) is 5.36. The fourth-order valence-electron chi connectivity index (χ4n) is 3.74. The van der Waals surface area contributed by atoms with Gasteiger partial charge in [-0.05, 0) is 32.2 Å². The number of ether oxygens (including phenoxy) is 1. The summed E-state index contributed by atoms with van der Waals surface area (Å²) in [5.41, 5.74) is 2.56. The molecule has 1 saturated carbocycles. The summed E-state index contributed by atoms with van der Waals surface area (Å²) in [6.07, 6.45) is 6.68. The van der Waals surface area contributed by atoms with Gasteiger partial charge in [-0.1, -0.05) is 0 Å². The average molecular weight is 415 g/mol. The van der Waals surface area contributed by atoms with Crippen molar-refractivity contribution in [2.24, 2.45) is 0 Å². The second kappa shape index (κ2) is 8.10. The van der Waals surface area contributed by atoms with E-state index in [1.165, 1.54) is 0 Å². The second-order valence-electron chi connectivity index (χ2n) is 7.76. The highest BCUT2D eigenvalue weighted by molar-refractivity contribution is 5.61. The largest absolute Gasteiger partial charge is 0.485 e. The molecule has 10 heteroatoms. The van der Waals surface area contributed by atoms with Crippen LogP contribution in [0.3, 0.4) is 0 Å². The third-order valence-electron chi connectivity index (χ3n) is 5.36. The maximum atomic E-state index is 12.6. The predicted octanol–water partition coefficient (Wildman–Crippen LogP) is 2.87. The fraction of sp³-hybridized carbons (Fsp3) is 0.500. The van der Waals surface area contributed by atoms with E-state index in [0.29, 0.717) is 40.3 Å². The van der Waals surface area contributed by atoms with Gasteiger partial charge in [-0.3, -0.25) is 4.98 Å². The smallest absolute Gasteiger partial charge is 0.272 e. The minimum absolute atomic E-state index is 0.232. The summed E-state index contributed by atoms with van der Waals surface area (Å²) in [6, 6.07) is 2.00. The molecule has 0 spiro atoms. The molecule has 0 amide bonds. The number of aromatic nitrogens is 5. The molecule has 1 aliphatic heterocycles. The fourth-order valence-corrected chi connectivity index (χ4v) is 3.74. The summed E-state index contributed by atoms with van der Waals surface area (Å²) in [6.45, 7) is 1.29.